The number of aromatic nitrogens is 2. The van der Waals surface area contributed by atoms with Crippen molar-refractivity contribution in [2.45, 2.75) is 31.8 Å². The van der Waals surface area contributed by atoms with Gasteiger partial charge in [0.15, 0.2) is 5.03 Å². The summed E-state index contributed by atoms with van der Waals surface area (Å²) in [6, 6.07) is 5.76. The van der Waals surface area contributed by atoms with E-state index in [-0.39, 0.29) is 5.03 Å². The first-order valence-electron chi connectivity index (χ1n) is 6.07. The predicted molar refractivity (Wildman–Crippen MR) is 79.9 cm³/mol. The largest absolute Gasteiger partial charge is 0.329 e. The first-order chi connectivity index (χ1) is 9.31. The lowest BCUT2D eigenvalue weighted by Crippen LogP contribution is -2.03. The number of benzene rings is 1. The normalized spacial score (nSPS) is 11.8. The van der Waals surface area contributed by atoms with E-state index in [0.29, 0.717) is 23.8 Å². The predicted octanol–water partition coefficient (Wildman–Crippen LogP) is 3.38. The minimum Gasteiger partial charge on any atom is -0.329 e. The lowest BCUT2D eigenvalue weighted by molar-refractivity contribution is 0.606. The van der Waals surface area contributed by atoms with Crippen molar-refractivity contribution in [2.75, 3.05) is 0 Å². The second-order valence-electron chi connectivity index (χ2n) is 4.51. The molecule has 0 unspecified atom stereocenters. The SMILES string of the molecule is CCc1nc(S(=O)(=O)Cl)cn1Cc1ccc(C)cc1Cl. The van der Waals surface area contributed by atoms with E-state index in [0.717, 1.165) is 11.1 Å². The summed E-state index contributed by atoms with van der Waals surface area (Å²) in [5, 5.41) is 0.523. The topological polar surface area (TPSA) is 52.0 Å². The fraction of sp³-hybridized carbons (Fsp3) is 0.308. The minimum atomic E-state index is -3.82. The summed E-state index contributed by atoms with van der Waals surface area (Å²) < 4.78 is 24.4. The van der Waals surface area contributed by atoms with Crippen LogP contribution in [-0.2, 0) is 22.0 Å². The Morgan fingerprint density at radius 3 is 2.60 bits per heavy atom. The van der Waals surface area contributed by atoms with Gasteiger partial charge >= 0.3 is 0 Å². The van der Waals surface area contributed by atoms with Crippen molar-refractivity contribution in [3.05, 3.63) is 46.4 Å². The molecular formula is C13H14Cl2N2O2S. The monoisotopic (exact) mass is 332 g/mol. The van der Waals surface area contributed by atoms with Crippen LogP contribution in [0.4, 0.5) is 0 Å². The van der Waals surface area contributed by atoms with Crippen molar-refractivity contribution in [1.82, 2.24) is 9.55 Å². The van der Waals surface area contributed by atoms with Crippen LogP contribution in [0.2, 0.25) is 5.02 Å². The van der Waals surface area contributed by atoms with Gasteiger partial charge in [0, 0.05) is 28.3 Å². The van der Waals surface area contributed by atoms with Gasteiger partial charge in [-0.25, -0.2) is 13.4 Å². The van der Waals surface area contributed by atoms with Gasteiger partial charge in [-0.2, -0.15) is 0 Å². The molecule has 0 aliphatic rings. The third-order valence-corrected chi connectivity index (χ3v) is 4.47. The van der Waals surface area contributed by atoms with Gasteiger partial charge in [0.1, 0.15) is 5.82 Å². The second kappa shape index (κ2) is 5.76. The summed E-state index contributed by atoms with van der Waals surface area (Å²) in [6.07, 6.45) is 2.05. The lowest BCUT2D eigenvalue weighted by Gasteiger charge is -2.08. The highest BCUT2D eigenvalue weighted by Gasteiger charge is 2.17. The van der Waals surface area contributed by atoms with E-state index >= 15 is 0 Å². The molecule has 0 bridgehead atoms. The zero-order valence-electron chi connectivity index (χ0n) is 11.1. The first kappa shape index (κ1) is 15.4. The molecule has 1 aromatic heterocycles. The number of nitrogens with zero attached hydrogens (tertiary/aromatic N) is 2. The van der Waals surface area contributed by atoms with Crippen LogP contribution in [0, 0.1) is 6.92 Å². The Kier molecular flexibility index (Phi) is 4.42. The molecule has 0 saturated heterocycles. The van der Waals surface area contributed by atoms with Crippen molar-refractivity contribution in [1.29, 1.82) is 0 Å². The minimum absolute atomic E-state index is 0.126. The number of rotatable bonds is 4. The van der Waals surface area contributed by atoms with Gasteiger partial charge in [-0.05, 0) is 24.1 Å². The van der Waals surface area contributed by atoms with Gasteiger partial charge in [-0.1, -0.05) is 30.7 Å². The highest BCUT2D eigenvalue weighted by Crippen LogP contribution is 2.21. The van der Waals surface area contributed by atoms with Crippen LogP contribution in [0.5, 0.6) is 0 Å². The van der Waals surface area contributed by atoms with E-state index < -0.39 is 9.05 Å². The Bertz CT molecular complexity index is 739. The average molecular weight is 333 g/mol. The van der Waals surface area contributed by atoms with E-state index in [2.05, 4.69) is 4.98 Å². The number of imidazole rings is 1. The maximum absolute atomic E-state index is 11.3. The molecule has 2 aromatic rings. The van der Waals surface area contributed by atoms with E-state index in [9.17, 15) is 8.42 Å². The zero-order valence-corrected chi connectivity index (χ0v) is 13.4. The molecule has 1 aromatic carbocycles. The summed E-state index contributed by atoms with van der Waals surface area (Å²) in [5.41, 5.74) is 1.98. The molecule has 0 fully saturated rings. The Morgan fingerprint density at radius 2 is 2.05 bits per heavy atom. The van der Waals surface area contributed by atoms with Gasteiger partial charge in [0.05, 0.1) is 6.54 Å². The molecule has 4 nitrogen and oxygen atoms in total. The Morgan fingerprint density at radius 1 is 1.35 bits per heavy atom. The van der Waals surface area contributed by atoms with Gasteiger partial charge < -0.3 is 4.57 Å². The van der Waals surface area contributed by atoms with Crippen LogP contribution in [0.15, 0.2) is 29.4 Å². The maximum atomic E-state index is 11.3. The summed E-state index contributed by atoms with van der Waals surface area (Å²) in [6.45, 7) is 4.32. The average Bonchev–Trinajstić information content (AvgIpc) is 2.75. The van der Waals surface area contributed by atoms with Gasteiger partial charge in [-0.3, -0.25) is 0 Å². The Hall–Kier alpha value is -1.04. The second-order valence-corrected chi connectivity index (χ2v) is 7.43. The number of halogens is 2. The quantitative estimate of drug-likeness (QED) is 0.806. The molecule has 1 heterocycles. The molecule has 7 heteroatoms. The molecule has 0 radical (unpaired) electrons. The molecule has 0 atom stereocenters. The smallest absolute Gasteiger partial charge is 0.280 e. The fourth-order valence-corrected chi connectivity index (χ4v) is 2.91. The molecule has 0 spiro atoms. The molecule has 0 amide bonds. The first-order valence-corrected chi connectivity index (χ1v) is 8.75. The van der Waals surface area contributed by atoms with Crippen LogP contribution >= 0.6 is 22.3 Å². The Balaban J connectivity index is 2.40. The van der Waals surface area contributed by atoms with Crippen LogP contribution in [0.25, 0.3) is 0 Å². The molecule has 20 heavy (non-hydrogen) atoms. The van der Waals surface area contributed by atoms with Gasteiger partial charge in [0.2, 0.25) is 0 Å². The third kappa shape index (κ3) is 3.34. The van der Waals surface area contributed by atoms with Gasteiger partial charge in [0.25, 0.3) is 9.05 Å². The summed E-state index contributed by atoms with van der Waals surface area (Å²) >= 11 is 6.19. The summed E-state index contributed by atoms with van der Waals surface area (Å²) in [4.78, 5) is 4.04. The lowest BCUT2D eigenvalue weighted by atomic mass is 10.1. The van der Waals surface area contributed by atoms with Crippen LogP contribution < -0.4 is 0 Å². The van der Waals surface area contributed by atoms with E-state index in [1.165, 1.54) is 6.20 Å². The van der Waals surface area contributed by atoms with Crippen LogP contribution in [0.1, 0.15) is 23.9 Å². The molecule has 108 valence electrons. The molecule has 0 N–H and O–H groups in total. The maximum Gasteiger partial charge on any atom is 0.280 e. The number of hydrogen-bond acceptors (Lipinski definition) is 3. The number of aryl methyl sites for hydroxylation is 2. The highest BCUT2D eigenvalue weighted by atomic mass is 35.7. The van der Waals surface area contributed by atoms with E-state index in [1.54, 1.807) is 4.57 Å². The van der Waals surface area contributed by atoms with Crippen LogP contribution in [0.3, 0.4) is 0 Å². The third-order valence-electron chi connectivity index (χ3n) is 2.95. The van der Waals surface area contributed by atoms with E-state index in [1.807, 2.05) is 32.0 Å². The van der Waals surface area contributed by atoms with Crippen molar-refractivity contribution in [2.24, 2.45) is 0 Å². The molecular weight excluding hydrogens is 319 g/mol. The van der Waals surface area contributed by atoms with Crippen molar-refractivity contribution in [3.8, 4) is 0 Å². The van der Waals surface area contributed by atoms with Crippen molar-refractivity contribution < 1.29 is 8.42 Å². The molecule has 0 saturated carbocycles. The van der Waals surface area contributed by atoms with Crippen molar-refractivity contribution >= 4 is 31.3 Å². The van der Waals surface area contributed by atoms with Crippen molar-refractivity contribution in [3.63, 3.8) is 0 Å². The summed E-state index contributed by atoms with van der Waals surface area (Å²) in [5.74, 6) is 0.654. The summed E-state index contributed by atoms with van der Waals surface area (Å²) in [7, 11) is 1.51. The molecule has 2 rings (SSSR count). The van der Waals surface area contributed by atoms with Crippen LogP contribution in [-0.4, -0.2) is 18.0 Å². The molecule has 0 aliphatic heterocycles. The fourth-order valence-electron chi connectivity index (χ4n) is 1.93. The molecule has 0 aliphatic carbocycles. The zero-order chi connectivity index (χ0) is 14.9. The number of hydrogen-bond donors (Lipinski definition) is 0. The Labute approximate surface area is 127 Å². The highest BCUT2D eigenvalue weighted by molar-refractivity contribution is 8.13. The van der Waals surface area contributed by atoms with E-state index in [4.69, 9.17) is 22.3 Å². The standard InChI is InChI=1S/C13H14Cl2N2O2S/c1-3-12-16-13(20(15,18)19)8-17(12)7-10-5-4-9(2)6-11(10)14/h4-6,8H,3,7H2,1-2H3. The van der Waals surface area contributed by atoms with Gasteiger partial charge in [-0.15, -0.1) is 0 Å².